The van der Waals surface area contributed by atoms with Gasteiger partial charge in [-0.25, -0.2) is 0 Å². The van der Waals surface area contributed by atoms with Crippen molar-refractivity contribution in [2.24, 2.45) is 5.92 Å². The summed E-state index contributed by atoms with van der Waals surface area (Å²) in [7, 11) is 0. The van der Waals surface area contributed by atoms with Crippen molar-refractivity contribution in [1.29, 1.82) is 0 Å². The Labute approximate surface area is 109 Å². The maximum atomic E-state index is 4.32. The number of hydrogen-bond donors (Lipinski definition) is 1. The number of nitrogens with zero attached hydrogens (tertiary/aromatic N) is 3. The van der Waals surface area contributed by atoms with E-state index in [-0.39, 0.29) is 0 Å². The Bertz CT molecular complexity index is 379. The minimum absolute atomic E-state index is 0.889. The zero-order valence-electron chi connectivity index (χ0n) is 11.2. The van der Waals surface area contributed by atoms with Gasteiger partial charge in [-0.15, -0.1) is 10.2 Å². The molecule has 0 spiro atoms. The second kappa shape index (κ2) is 5.83. The van der Waals surface area contributed by atoms with Gasteiger partial charge in [0, 0.05) is 13.0 Å². The zero-order chi connectivity index (χ0) is 12.2. The van der Waals surface area contributed by atoms with Crippen molar-refractivity contribution in [3.05, 3.63) is 11.6 Å². The molecule has 1 aromatic rings. The molecule has 0 unspecified atom stereocenters. The van der Waals surface area contributed by atoms with E-state index in [9.17, 15) is 0 Å². The summed E-state index contributed by atoms with van der Waals surface area (Å²) in [4.78, 5) is 0. The van der Waals surface area contributed by atoms with Crippen LogP contribution in [-0.4, -0.2) is 21.3 Å². The smallest absolute Gasteiger partial charge is 0.147 e. The number of fused-ring (bicyclic) bond motifs is 1. The van der Waals surface area contributed by atoms with E-state index in [1.807, 2.05) is 0 Å². The van der Waals surface area contributed by atoms with Crippen LogP contribution in [0.15, 0.2) is 0 Å². The van der Waals surface area contributed by atoms with E-state index in [0.29, 0.717) is 0 Å². The van der Waals surface area contributed by atoms with Crippen LogP contribution in [0.4, 0.5) is 0 Å². The summed E-state index contributed by atoms with van der Waals surface area (Å²) in [5.74, 6) is 3.30. The van der Waals surface area contributed by atoms with Crippen LogP contribution in [-0.2, 0) is 19.5 Å². The van der Waals surface area contributed by atoms with Crippen molar-refractivity contribution in [3.8, 4) is 0 Å². The van der Waals surface area contributed by atoms with Crippen LogP contribution in [0, 0.1) is 5.92 Å². The number of hydrogen-bond acceptors (Lipinski definition) is 3. The first-order chi connectivity index (χ1) is 8.93. The highest BCUT2D eigenvalue weighted by Gasteiger charge is 2.16. The molecule has 2 aliphatic rings. The van der Waals surface area contributed by atoms with Crippen LogP contribution >= 0.6 is 0 Å². The molecule has 0 radical (unpaired) electrons. The van der Waals surface area contributed by atoms with E-state index >= 15 is 0 Å². The molecule has 1 N–H and O–H groups in total. The molecule has 0 aromatic carbocycles. The molecule has 0 amide bonds. The molecule has 1 fully saturated rings. The molecule has 3 rings (SSSR count). The number of aryl methyl sites for hydroxylation is 1. The topological polar surface area (TPSA) is 42.7 Å². The third kappa shape index (κ3) is 2.74. The van der Waals surface area contributed by atoms with Gasteiger partial charge in [-0.1, -0.05) is 25.7 Å². The summed E-state index contributed by atoms with van der Waals surface area (Å²) < 4.78 is 2.31. The van der Waals surface area contributed by atoms with Gasteiger partial charge in [-0.2, -0.15) is 0 Å². The van der Waals surface area contributed by atoms with Crippen molar-refractivity contribution in [2.45, 2.75) is 64.5 Å². The predicted molar refractivity (Wildman–Crippen MR) is 71.2 cm³/mol. The average Bonchev–Trinajstić information content (AvgIpc) is 3.04. The second-order valence-corrected chi connectivity index (χ2v) is 5.76. The van der Waals surface area contributed by atoms with E-state index in [4.69, 9.17) is 0 Å². The van der Waals surface area contributed by atoms with Gasteiger partial charge in [0.2, 0.25) is 0 Å². The van der Waals surface area contributed by atoms with Crippen LogP contribution in [0.3, 0.4) is 0 Å². The van der Waals surface area contributed by atoms with Crippen LogP contribution in [0.2, 0.25) is 0 Å². The highest BCUT2D eigenvalue weighted by atomic mass is 15.3. The Morgan fingerprint density at radius 3 is 2.89 bits per heavy atom. The SMILES string of the molecule is C1CCn2c(nnc2CNCCC2CCCC2)C1. The Kier molecular flexibility index (Phi) is 3.93. The molecular weight excluding hydrogens is 224 g/mol. The molecule has 0 saturated heterocycles. The van der Waals surface area contributed by atoms with Crippen molar-refractivity contribution >= 4 is 0 Å². The minimum Gasteiger partial charge on any atom is -0.314 e. The van der Waals surface area contributed by atoms with E-state index in [0.717, 1.165) is 37.8 Å². The maximum Gasteiger partial charge on any atom is 0.147 e. The normalized spacial score (nSPS) is 20.2. The first kappa shape index (κ1) is 12.2. The lowest BCUT2D eigenvalue weighted by molar-refractivity contribution is 0.462. The third-order valence-corrected chi connectivity index (χ3v) is 4.42. The third-order valence-electron chi connectivity index (χ3n) is 4.42. The second-order valence-electron chi connectivity index (χ2n) is 5.76. The highest BCUT2D eigenvalue weighted by Crippen LogP contribution is 2.26. The minimum atomic E-state index is 0.889. The quantitative estimate of drug-likeness (QED) is 0.813. The monoisotopic (exact) mass is 248 g/mol. The van der Waals surface area contributed by atoms with Crippen molar-refractivity contribution < 1.29 is 0 Å². The van der Waals surface area contributed by atoms with E-state index in [1.165, 1.54) is 50.8 Å². The first-order valence-electron chi connectivity index (χ1n) is 7.55. The summed E-state index contributed by atoms with van der Waals surface area (Å²) in [5.41, 5.74) is 0. The number of nitrogens with one attached hydrogen (secondary N) is 1. The Hall–Kier alpha value is -0.900. The maximum absolute atomic E-state index is 4.32. The fourth-order valence-corrected chi connectivity index (χ4v) is 3.30. The van der Waals surface area contributed by atoms with Gasteiger partial charge >= 0.3 is 0 Å². The standard InChI is InChI=1S/C14H24N4/c1-2-6-12(5-1)8-9-15-11-14-17-16-13-7-3-4-10-18(13)14/h12,15H,1-11H2. The van der Waals surface area contributed by atoms with Gasteiger partial charge in [0.15, 0.2) is 0 Å². The molecule has 1 saturated carbocycles. The van der Waals surface area contributed by atoms with Crippen LogP contribution < -0.4 is 5.32 Å². The van der Waals surface area contributed by atoms with Gasteiger partial charge in [0.25, 0.3) is 0 Å². The van der Waals surface area contributed by atoms with Crippen molar-refractivity contribution in [3.63, 3.8) is 0 Å². The molecule has 4 nitrogen and oxygen atoms in total. The zero-order valence-corrected chi connectivity index (χ0v) is 11.2. The van der Waals surface area contributed by atoms with E-state index in [1.54, 1.807) is 0 Å². The molecule has 0 bridgehead atoms. The Morgan fingerprint density at radius 1 is 1.11 bits per heavy atom. The lowest BCUT2D eigenvalue weighted by Crippen LogP contribution is -2.21. The fraction of sp³-hybridized carbons (Fsp3) is 0.857. The van der Waals surface area contributed by atoms with Gasteiger partial charge in [0.05, 0.1) is 6.54 Å². The van der Waals surface area contributed by atoms with E-state index in [2.05, 4.69) is 20.1 Å². The predicted octanol–water partition coefficient (Wildman–Crippen LogP) is 2.28. The summed E-state index contributed by atoms with van der Waals surface area (Å²) in [6, 6.07) is 0. The molecule has 0 atom stereocenters. The van der Waals surface area contributed by atoms with Gasteiger partial charge < -0.3 is 9.88 Å². The Morgan fingerprint density at radius 2 is 2.00 bits per heavy atom. The summed E-state index contributed by atoms with van der Waals surface area (Å²) in [6.45, 7) is 3.13. The molecule has 100 valence electrons. The van der Waals surface area contributed by atoms with Gasteiger partial charge in [-0.3, -0.25) is 0 Å². The lowest BCUT2D eigenvalue weighted by Gasteiger charge is -2.15. The van der Waals surface area contributed by atoms with E-state index < -0.39 is 0 Å². The highest BCUT2D eigenvalue weighted by molar-refractivity contribution is 4.98. The first-order valence-corrected chi connectivity index (χ1v) is 7.55. The summed E-state index contributed by atoms with van der Waals surface area (Å²) in [6.07, 6.45) is 10.8. The lowest BCUT2D eigenvalue weighted by atomic mass is 10.0. The molecule has 2 heterocycles. The van der Waals surface area contributed by atoms with Crippen molar-refractivity contribution in [1.82, 2.24) is 20.1 Å². The fourth-order valence-electron chi connectivity index (χ4n) is 3.30. The molecule has 1 aliphatic heterocycles. The number of aromatic nitrogens is 3. The van der Waals surface area contributed by atoms with Crippen LogP contribution in [0.25, 0.3) is 0 Å². The molecule has 1 aromatic heterocycles. The summed E-state index contributed by atoms with van der Waals surface area (Å²) in [5, 5.41) is 12.1. The molecular formula is C14H24N4. The van der Waals surface area contributed by atoms with Crippen LogP contribution in [0.1, 0.15) is 56.6 Å². The molecule has 4 heteroatoms. The summed E-state index contributed by atoms with van der Waals surface area (Å²) >= 11 is 0. The largest absolute Gasteiger partial charge is 0.314 e. The van der Waals surface area contributed by atoms with Gasteiger partial charge in [0.1, 0.15) is 11.6 Å². The Balaban J connectivity index is 1.43. The van der Waals surface area contributed by atoms with Crippen molar-refractivity contribution in [2.75, 3.05) is 6.54 Å². The van der Waals surface area contributed by atoms with Crippen LogP contribution in [0.5, 0.6) is 0 Å². The average molecular weight is 248 g/mol. The molecule has 1 aliphatic carbocycles. The molecule has 18 heavy (non-hydrogen) atoms. The van der Waals surface area contributed by atoms with Gasteiger partial charge in [-0.05, 0) is 31.7 Å². The number of rotatable bonds is 5.